The highest BCUT2D eigenvalue weighted by Crippen LogP contribution is 2.30. The van der Waals surface area contributed by atoms with Gasteiger partial charge in [-0.2, -0.15) is 10.2 Å². The molecule has 5 aromatic rings. The van der Waals surface area contributed by atoms with E-state index >= 15 is 0 Å². The van der Waals surface area contributed by atoms with E-state index in [2.05, 4.69) is 45.0 Å². The van der Waals surface area contributed by atoms with Gasteiger partial charge in [0.1, 0.15) is 18.1 Å². The zero-order valence-electron chi connectivity index (χ0n) is 18.3. The van der Waals surface area contributed by atoms with Crippen molar-refractivity contribution in [1.29, 1.82) is 0 Å². The van der Waals surface area contributed by atoms with Crippen molar-refractivity contribution >= 4 is 22.9 Å². The second-order valence-electron chi connectivity index (χ2n) is 7.70. The minimum Gasteiger partial charge on any atom is -0.488 e. The Kier molecular flexibility index (Phi) is 6.12. The van der Waals surface area contributed by atoms with Gasteiger partial charge in [0.05, 0.1) is 11.9 Å². The van der Waals surface area contributed by atoms with Gasteiger partial charge in [0.25, 0.3) is 5.91 Å². The molecular formula is C28H22N4O2. The van der Waals surface area contributed by atoms with Crippen LogP contribution in [0.4, 0.5) is 0 Å². The van der Waals surface area contributed by atoms with Gasteiger partial charge in [0.2, 0.25) is 0 Å². The fourth-order valence-corrected chi connectivity index (χ4v) is 3.72. The molecule has 6 heteroatoms. The minimum absolute atomic E-state index is 0.309. The number of amides is 1. The highest BCUT2D eigenvalue weighted by Gasteiger charge is 2.14. The molecule has 0 saturated heterocycles. The lowest BCUT2D eigenvalue weighted by Crippen LogP contribution is -2.17. The Hall–Kier alpha value is -4.71. The third-order valence-corrected chi connectivity index (χ3v) is 5.43. The predicted molar refractivity (Wildman–Crippen MR) is 134 cm³/mol. The number of hydrogen-bond acceptors (Lipinski definition) is 4. The van der Waals surface area contributed by atoms with Crippen molar-refractivity contribution in [3.8, 4) is 17.0 Å². The molecule has 6 nitrogen and oxygen atoms in total. The Balaban J connectivity index is 1.31. The maximum Gasteiger partial charge on any atom is 0.289 e. The summed E-state index contributed by atoms with van der Waals surface area (Å²) in [4.78, 5) is 12.5. The van der Waals surface area contributed by atoms with Gasteiger partial charge < -0.3 is 4.74 Å². The van der Waals surface area contributed by atoms with Gasteiger partial charge >= 0.3 is 0 Å². The second-order valence-corrected chi connectivity index (χ2v) is 7.70. The van der Waals surface area contributed by atoms with Crippen molar-refractivity contribution in [3.05, 3.63) is 120 Å². The quantitative estimate of drug-likeness (QED) is 0.253. The molecule has 0 saturated carbocycles. The highest BCUT2D eigenvalue weighted by molar-refractivity contribution is 5.94. The minimum atomic E-state index is -0.375. The van der Waals surface area contributed by atoms with Gasteiger partial charge in [-0.15, -0.1) is 0 Å². The summed E-state index contributed by atoms with van der Waals surface area (Å²) in [7, 11) is 0. The molecular weight excluding hydrogens is 424 g/mol. The van der Waals surface area contributed by atoms with E-state index in [1.807, 2.05) is 72.8 Å². The Morgan fingerprint density at radius 3 is 2.59 bits per heavy atom. The summed E-state index contributed by atoms with van der Waals surface area (Å²) in [6, 6.07) is 33.3. The third-order valence-electron chi connectivity index (χ3n) is 5.43. The number of hydrazone groups is 1. The van der Waals surface area contributed by atoms with Crippen molar-refractivity contribution in [2.75, 3.05) is 0 Å². The van der Waals surface area contributed by atoms with Crippen LogP contribution in [0, 0.1) is 0 Å². The normalized spacial score (nSPS) is 11.1. The van der Waals surface area contributed by atoms with Crippen LogP contribution in [0.2, 0.25) is 0 Å². The largest absolute Gasteiger partial charge is 0.488 e. The topological polar surface area (TPSA) is 79.4 Å². The summed E-state index contributed by atoms with van der Waals surface area (Å²) in [6.07, 6.45) is 1.59. The number of hydrogen-bond donors (Lipinski definition) is 2. The molecule has 0 radical (unpaired) electrons. The van der Waals surface area contributed by atoms with Crippen LogP contribution in [0.3, 0.4) is 0 Å². The van der Waals surface area contributed by atoms with E-state index in [1.54, 1.807) is 12.3 Å². The van der Waals surface area contributed by atoms with E-state index in [0.29, 0.717) is 23.7 Å². The summed E-state index contributed by atoms with van der Waals surface area (Å²) in [6.45, 7) is 0.421. The molecule has 0 aliphatic rings. The Bertz CT molecular complexity index is 1450. The molecule has 1 heterocycles. The first-order chi connectivity index (χ1) is 16.8. The average molecular weight is 447 g/mol. The van der Waals surface area contributed by atoms with Crippen LogP contribution in [0.1, 0.15) is 21.6 Å². The number of aromatic nitrogens is 2. The molecule has 4 aromatic carbocycles. The number of para-hydroxylation sites is 1. The first-order valence-electron chi connectivity index (χ1n) is 10.9. The van der Waals surface area contributed by atoms with E-state index in [0.717, 1.165) is 22.1 Å². The zero-order valence-corrected chi connectivity index (χ0v) is 18.3. The number of rotatable bonds is 7. The summed E-state index contributed by atoms with van der Waals surface area (Å²) in [5.74, 6) is 0.316. The fraction of sp³-hybridized carbons (Fsp3) is 0.0357. The van der Waals surface area contributed by atoms with Gasteiger partial charge in [-0.1, -0.05) is 84.9 Å². The SMILES string of the molecule is O=C(N/N=C\c1ccccc1)c1cc(-c2ccccc2OCc2cccc3ccccc23)n[nH]1. The molecule has 0 bridgehead atoms. The number of nitrogens with zero attached hydrogens (tertiary/aromatic N) is 2. The Labute approximate surface area is 196 Å². The van der Waals surface area contributed by atoms with Crippen LogP contribution in [0.25, 0.3) is 22.0 Å². The lowest BCUT2D eigenvalue weighted by atomic mass is 10.1. The van der Waals surface area contributed by atoms with Crippen LogP contribution in [0.15, 0.2) is 108 Å². The van der Waals surface area contributed by atoms with Crippen LogP contribution < -0.4 is 10.2 Å². The number of fused-ring (bicyclic) bond motifs is 1. The molecule has 1 amide bonds. The fourth-order valence-electron chi connectivity index (χ4n) is 3.72. The van der Waals surface area contributed by atoms with E-state index in [9.17, 15) is 4.79 Å². The number of H-pyrrole nitrogens is 1. The maximum absolute atomic E-state index is 12.5. The zero-order chi connectivity index (χ0) is 23.2. The van der Waals surface area contributed by atoms with Crippen LogP contribution in [-0.2, 0) is 6.61 Å². The Morgan fingerprint density at radius 2 is 1.68 bits per heavy atom. The third kappa shape index (κ3) is 4.71. The van der Waals surface area contributed by atoms with E-state index < -0.39 is 0 Å². The average Bonchev–Trinajstić information content (AvgIpc) is 3.39. The molecule has 2 N–H and O–H groups in total. The number of ether oxygens (including phenoxy) is 1. The smallest absolute Gasteiger partial charge is 0.289 e. The summed E-state index contributed by atoms with van der Waals surface area (Å²) in [5.41, 5.74) is 6.24. The van der Waals surface area contributed by atoms with E-state index in [1.165, 1.54) is 5.39 Å². The summed E-state index contributed by atoms with van der Waals surface area (Å²) in [5, 5.41) is 13.5. The first kappa shape index (κ1) is 21.2. The molecule has 34 heavy (non-hydrogen) atoms. The maximum atomic E-state index is 12.5. The van der Waals surface area contributed by atoms with Crippen molar-refractivity contribution in [2.24, 2.45) is 5.10 Å². The first-order valence-corrected chi connectivity index (χ1v) is 10.9. The monoisotopic (exact) mass is 446 g/mol. The van der Waals surface area contributed by atoms with Gasteiger partial charge in [-0.3, -0.25) is 9.89 Å². The number of carbonyl (C=O) groups excluding carboxylic acids is 1. The molecule has 5 rings (SSSR count). The van der Waals surface area contributed by atoms with Crippen molar-refractivity contribution in [3.63, 3.8) is 0 Å². The lowest BCUT2D eigenvalue weighted by molar-refractivity contribution is 0.0950. The van der Waals surface area contributed by atoms with Gasteiger partial charge in [-0.25, -0.2) is 5.43 Å². The van der Waals surface area contributed by atoms with Gasteiger partial charge in [0, 0.05) is 5.56 Å². The van der Waals surface area contributed by atoms with E-state index in [-0.39, 0.29) is 5.91 Å². The predicted octanol–water partition coefficient (Wildman–Crippen LogP) is 5.57. The molecule has 166 valence electrons. The Morgan fingerprint density at radius 1 is 0.912 bits per heavy atom. The van der Waals surface area contributed by atoms with Crippen LogP contribution in [0.5, 0.6) is 5.75 Å². The molecule has 0 spiro atoms. The summed E-state index contributed by atoms with van der Waals surface area (Å²) < 4.78 is 6.19. The molecule has 1 aromatic heterocycles. The van der Waals surface area contributed by atoms with Crippen LogP contribution in [-0.4, -0.2) is 22.3 Å². The van der Waals surface area contributed by atoms with E-state index in [4.69, 9.17) is 4.74 Å². The molecule has 0 fully saturated rings. The van der Waals surface area contributed by atoms with Crippen molar-refractivity contribution in [1.82, 2.24) is 15.6 Å². The second kappa shape index (κ2) is 9.83. The molecule has 0 unspecified atom stereocenters. The number of benzene rings is 4. The van der Waals surface area contributed by atoms with Crippen molar-refractivity contribution < 1.29 is 9.53 Å². The highest BCUT2D eigenvalue weighted by atomic mass is 16.5. The van der Waals surface area contributed by atoms with Crippen LogP contribution >= 0.6 is 0 Å². The van der Waals surface area contributed by atoms with Gasteiger partial charge in [0.15, 0.2) is 0 Å². The summed E-state index contributed by atoms with van der Waals surface area (Å²) >= 11 is 0. The lowest BCUT2D eigenvalue weighted by Gasteiger charge is -2.12. The number of nitrogens with one attached hydrogen (secondary N) is 2. The molecule has 0 atom stereocenters. The van der Waals surface area contributed by atoms with Gasteiger partial charge in [-0.05, 0) is 40.1 Å². The van der Waals surface area contributed by atoms with Crippen molar-refractivity contribution in [2.45, 2.75) is 6.61 Å². The molecule has 0 aliphatic heterocycles. The number of aromatic amines is 1. The molecule has 0 aliphatic carbocycles. The number of carbonyl (C=O) groups is 1. The standard InChI is InChI=1S/C28H22N4O2/c33-28(32-29-18-20-9-2-1-3-10-20)26-17-25(30-31-26)24-15-6-7-16-27(24)34-19-22-13-8-12-21-11-4-5-14-23(21)22/h1-18H,19H2,(H,30,31)(H,32,33)/b29-18-.